The van der Waals surface area contributed by atoms with Crippen LogP contribution in [0.2, 0.25) is 0 Å². The summed E-state index contributed by atoms with van der Waals surface area (Å²) in [5, 5.41) is 0. The zero-order valence-corrected chi connectivity index (χ0v) is 57.5. The molecular weight excluding hydrogens is 1020 g/mol. The minimum atomic E-state index is 0. The van der Waals surface area contributed by atoms with E-state index >= 15 is 0 Å². The van der Waals surface area contributed by atoms with E-state index in [9.17, 15) is 0 Å². The van der Waals surface area contributed by atoms with Crippen LogP contribution in [0.1, 0.15) is 92.1 Å². The molecule has 0 saturated heterocycles. The number of rotatable bonds is 0. The molecule has 4 aliphatic rings. The smallest absolute Gasteiger partial charge is 0.870 e. The number of aromatic amines is 2. The summed E-state index contributed by atoms with van der Waals surface area (Å²) in [5.74, 6) is 1.95. The van der Waals surface area contributed by atoms with Gasteiger partial charge >= 0.3 is 103 Å². The van der Waals surface area contributed by atoms with Crippen molar-refractivity contribution < 1.29 is 114 Å². The molecule has 408 valence electrons. The van der Waals surface area contributed by atoms with E-state index in [4.69, 9.17) is 0 Å². The van der Waals surface area contributed by atoms with Gasteiger partial charge in [-0.2, -0.15) is 0 Å². The Morgan fingerprint density at radius 1 is 0.385 bits per heavy atom. The van der Waals surface area contributed by atoms with Gasteiger partial charge in [0.15, 0.2) is 0 Å². The number of anilines is 6. The molecule has 0 radical (unpaired) electrons. The van der Waals surface area contributed by atoms with Crippen molar-refractivity contribution in [3.05, 3.63) is 160 Å². The first-order chi connectivity index (χ1) is 35.1. The van der Waals surface area contributed by atoms with Crippen LogP contribution in [0.5, 0.6) is 0 Å². The second-order valence-corrected chi connectivity index (χ2v) is 20.4. The number of H-pyrrole nitrogens is 2. The number of nitrogens with zero attached hydrogens (tertiary/aromatic N) is 9. The number of fused-ring (bicyclic) bond motifs is 6. The normalized spacial score (nSPS) is 15.5. The fourth-order valence-corrected chi connectivity index (χ4v) is 9.62. The second-order valence-electron chi connectivity index (χ2n) is 20.4. The zero-order chi connectivity index (χ0) is 54.3. The molecule has 2 aromatic heterocycles. The molecule has 0 fully saturated rings. The average Bonchev–Trinajstić information content (AvgIpc) is 4.18. The predicted octanol–water partition coefficient (Wildman–Crippen LogP) is 8.36. The summed E-state index contributed by atoms with van der Waals surface area (Å²) in [6, 6.07) is 38.7. The molecule has 13 nitrogen and oxygen atoms in total. The maximum atomic E-state index is 4.41. The van der Waals surface area contributed by atoms with Crippen molar-refractivity contribution in [3.63, 3.8) is 0 Å². The van der Waals surface area contributed by atoms with Crippen molar-refractivity contribution >= 4 is 67.6 Å². The fourth-order valence-electron chi connectivity index (χ4n) is 9.62. The van der Waals surface area contributed by atoms with Crippen molar-refractivity contribution in [1.82, 2.24) is 19.9 Å². The first-order valence-electron chi connectivity index (χ1n) is 26.3. The number of imidazole rings is 2. The van der Waals surface area contributed by atoms with Gasteiger partial charge in [0.05, 0.1) is 80.4 Å². The van der Waals surface area contributed by atoms with E-state index in [0.717, 1.165) is 45.8 Å². The molecule has 6 aromatic carbocycles. The van der Waals surface area contributed by atoms with E-state index in [1.165, 1.54) is 78.8 Å². The molecular formula is C63H87K2N11O2. The average molecular weight is 1110 g/mol. The summed E-state index contributed by atoms with van der Waals surface area (Å²) in [6.07, 6.45) is 2.45. The summed E-state index contributed by atoms with van der Waals surface area (Å²) in [7, 11) is 12.9. The third-order valence-electron chi connectivity index (χ3n) is 14.5. The van der Waals surface area contributed by atoms with E-state index in [-0.39, 0.29) is 114 Å². The van der Waals surface area contributed by atoms with E-state index in [1.807, 2.05) is 39.8 Å². The third-order valence-corrected chi connectivity index (χ3v) is 14.5. The molecule has 3 unspecified atom stereocenters. The standard InChI is InChI=1S/3C11H16N2.C10H11N.2C9H10N2.C2H6.2K.2H2O/c3*1-8-5-6-10-11(7-8)13(4)9(2)12(10)3;1-7-3-4-10-9(5-7)6-8(2)11-10;2*1-6-3-4-8-9(5-6)11-7(2)10-8;1-2;;;;/h3*5-7,9H,1-4H3;3-5H,6H2,1-2H3;2*3-5H,1-2H3,(H,10,11);1-2H3;;;2*1H2/q;;;;;;;2*+1;;/p-2. The predicted molar refractivity (Wildman–Crippen MR) is 326 cm³/mol. The first-order valence-corrected chi connectivity index (χ1v) is 26.3. The summed E-state index contributed by atoms with van der Waals surface area (Å²) >= 11 is 0. The van der Waals surface area contributed by atoms with Crippen molar-refractivity contribution in [1.29, 1.82) is 0 Å². The Hall–Kier alpha value is -4.08. The van der Waals surface area contributed by atoms with E-state index in [2.05, 4.69) is 263 Å². The Balaban J connectivity index is 0.000000315. The molecule has 0 aliphatic carbocycles. The van der Waals surface area contributed by atoms with Gasteiger partial charge in [-0.05, 0) is 183 Å². The number of aliphatic imine (C=N–C) groups is 1. The molecule has 15 heteroatoms. The molecule has 4 aliphatic heterocycles. The Bertz CT molecular complexity index is 2990. The van der Waals surface area contributed by atoms with Gasteiger partial charge in [0.2, 0.25) is 0 Å². The van der Waals surface area contributed by atoms with Gasteiger partial charge in [-0.15, -0.1) is 0 Å². The second kappa shape index (κ2) is 31.2. The van der Waals surface area contributed by atoms with Crippen molar-refractivity contribution in [2.45, 2.75) is 122 Å². The van der Waals surface area contributed by atoms with Crippen LogP contribution in [0.4, 0.5) is 39.8 Å². The van der Waals surface area contributed by atoms with E-state index in [0.29, 0.717) is 18.5 Å². The number of hydrogen-bond donors (Lipinski definition) is 2. The number of benzene rings is 6. The summed E-state index contributed by atoms with van der Waals surface area (Å²) in [4.78, 5) is 33.2. The van der Waals surface area contributed by atoms with Crippen LogP contribution in [0.25, 0.3) is 22.1 Å². The van der Waals surface area contributed by atoms with Crippen LogP contribution < -0.4 is 132 Å². The topological polar surface area (TPSA) is 149 Å². The summed E-state index contributed by atoms with van der Waals surface area (Å²) < 4.78 is 0. The van der Waals surface area contributed by atoms with Crippen LogP contribution in [0, 0.1) is 55.4 Å². The van der Waals surface area contributed by atoms with Crippen LogP contribution in [-0.2, 0) is 6.42 Å². The minimum absolute atomic E-state index is 0. The van der Waals surface area contributed by atoms with Crippen LogP contribution in [0.3, 0.4) is 0 Å². The first kappa shape index (κ1) is 70.0. The molecule has 0 spiro atoms. The van der Waals surface area contributed by atoms with Crippen LogP contribution >= 0.6 is 0 Å². The fraction of sp³-hybridized carbons (Fsp3) is 0.381. The van der Waals surface area contributed by atoms with Gasteiger partial charge in [-0.3, -0.25) is 4.99 Å². The SMILES string of the molecule is CC.CC1=Nc2ccc(C)cc2C1.Cc1ccc2c(c1)N(C)C(C)N2C.Cc1ccc2c(c1)N(C)C(C)N2C.Cc1ccc2c(c1)N(C)C(C)N2C.Cc1ccc2nc(C)[nH]c2c1.Cc1ccc2nc(C)[nH]c2c1.[K+].[K+].[OH-].[OH-]. The van der Waals surface area contributed by atoms with E-state index < -0.39 is 0 Å². The summed E-state index contributed by atoms with van der Waals surface area (Å²) in [5.41, 5.74) is 24.0. The molecule has 3 atom stereocenters. The number of nitrogens with one attached hydrogen (secondary N) is 2. The number of aromatic nitrogens is 4. The van der Waals surface area contributed by atoms with Gasteiger partial charge in [0, 0.05) is 54.4 Å². The van der Waals surface area contributed by atoms with Gasteiger partial charge in [0.25, 0.3) is 0 Å². The largest absolute Gasteiger partial charge is 1.00 e. The summed E-state index contributed by atoms with van der Waals surface area (Å²) in [6.45, 7) is 29.4. The Labute approximate surface area is 552 Å². The number of aryl methyl sites for hydroxylation is 8. The quantitative estimate of drug-likeness (QED) is 0.142. The molecule has 8 aromatic rings. The molecule has 0 saturated carbocycles. The molecule has 78 heavy (non-hydrogen) atoms. The van der Waals surface area contributed by atoms with Crippen molar-refractivity contribution in [2.75, 3.05) is 71.7 Å². The van der Waals surface area contributed by atoms with Crippen LogP contribution in [0.15, 0.2) is 114 Å². The zero-order valence-electron chi connectivity index (χ0n) is 51.3. The molecule has 6 heterocycles. The van der Waals surface area contributed by atoms with E-state index in [1.54, 1.807) is 0 Å². The third kappa shape index (κ3) is 17.0. The maximum absolute atomic E-state index is 4.41. The van der Waals surface area contributed by atoms with Crippen LogP contribution in [-0.4, -0.2) is 97.4 Å². The van der Waals surface area contributed by atoms with Crippen molar-refractivity contribution in [2.24, 2.45) is 4.99 Å². The minimum Gasteiger partial charge on any atom is -0.870 e. The molecule has 0 bridgehead atoms. The monoisotopic (exact) mass is 1110 g/mol. The van der Waals surface area contributed by atoms with Gasteiger partial charge in [-0.25, -0.2) is 9.97 Å². The van der Waals surface area contributed by atoms with Gasteiger partial charge < -0.3 is 50.3 Å². The molecule has 0 amide bonds. The maximum Gasteiger partial charge on any atom is 1.00 e. The molecule has 12 rings (SSSR count). The Morgan fingerprint density at radius 2 is 0.667 bits per heavy atom. The van der Waals surface area contributed by atoms with Crippen molar-refractivity contribution in [3.8, 4) is 0 Å². The molecule has 4 N–H and O–H groups in total. The Morgan fingerprint density at radius 3 is 1.01 bits per heavy atom. The number of hydrogen-bond acceptors (Lipinski definition) is 11. The van der Waals surface area contributed by atoms with Gasteiger partial charge in [-0.1, -0.05) is 61.9 Å². The Kier molecular flexibility index (Phi) is 28.0. The van der Waals surface area contributed by atoms with Gasteiger partial charge in [0.1, 0.15) is 11.6 Å².